The molecule has 0 bridgehead atoms. The van der Waals surface area contributed by atoms with E-state index in [0.717, 1.165) is 27.8 Å². The highest BCUT2D eigenvalue weighted by Gasteiger charge is 2.30. The zero-order chi connectivity index (χ0) is 17.3. The molecule has 0 saturated carbocycles. The van der Waals surface area contributed by atoms with E-state index in [1.807, 2.05) is 17.5 Å². The second kappa shape index (κ2) is 6.45. The van der Waals surface area contributed by atoms with E-state index in [2.05, 4.69) is 5.32 Å². The Bertz CT molecular complexity index is 887. The van der Waals surface area contributed by atoms with E-state index >= 15 is 0 Å². The normalized spacial score (nSPS) is 11.7. The predicted molar refractivity (Wildman–Crippen MR) is 89.4 cm³/mol. The van der Waals surface area contributed by atoms with E-state index in [1.165, 1.54) is 23.5 Å². The lowest BCUT2D eigenvalue weighted by atomic mass is 10.1. The Balaban J connectivity index is 1.72. The number of hydrogen-bond donors (Lipinski definition) is 1. The zero-order valence-corrected chi connectivity index (χ0v) is 13.7. The Labute approximate surface area is 144 Å². The van der Waals surface area contributed by atoms with Crippen molar-refractivity contribution in [1.29, 1.82) is 0 Å². The summed E-state index contributed by atoms with van der Waals surface area (Å²) in [6, 6.07) is 9.66. The maximum absolute atomic E-state index is 12.5. The molecule has 3 rings (SSSR count). The van der Waals surface area contributed by atoms with Gasteiger partial charge in [-0.3, -0.25) is 4.79 Å². The number of carbonyl (C=O) groups excluding carboxylic acids is 1. The fraction of sp³-hybridized carbons (Fsp3) is 0.118. The number of benzene rings is 2. The van der Waals surface area contributed by atoms with Crippen LogP contribution in [-0.4, -0.2) is 5.91 Å². The molecule has 124 valence electrons. The zero-order valence-electron chi connectivity index (χ0n) is 12.2. The number of thiophene rings is 1. The van der Waals surface area contributed by atoms with Crippen LogP contribution in [0.3, 0.4) is 0 Å². The highest BCUT2D eigenvalue weighted by atomic mass is 35.5. The monoisotopic (exact) mass is 369 g/mol. The fourth-order valence-electron chi connectivity index (χ4n) is 2.28. The van der Waals surface area contributed by atoms with Crippen molar-refractivity contribution < 1.29 is 18.0 Å². The van der Waals surface area contributed by atoms with Crippen molar-refractivity contribution in [3.8, 4) is 0 Å². The Kier molecular flexibility index (Phi) is 4.51. The van der Waals surface area contributed by atoms with Gasteiger partial charge in [-0.1, -0.05) is 11.6 Å². The third-order valence-electron chi connectivity index (χ3n) is 3.53. The largest absolute Gasteiger partial charge is 0.416 e. The summed E-state index contributed by atoms with van der Waals surface area (Å²) in [5.41, 5.74) is 0.316. The van der Waals surface area contributed by atoms with Crippen molar-refractivity contribution in [2.24, 2.45) is 0 Å². The minimum Gasteiger partial charge on any atom is -0.348 e. The van der Waals surface area contributed by atoms with Gasteiger partial charge in [0.15, 0.2) is 0 Å². The van der Waals surface area contributed by atoms with Gasteiger partial charge >= 0.3 is 6.18 Å². The topological polar surface area (TPSA) is 29.1 Å². The van der Waals surface area contributed by atoms with Gasteiger partial charge in [-0.2, -0.15) is 13.2 Å². The van der Waals surface area contributed by atoms with E-state index < -0.39 is 17.6 Å². The summed E-state index contributed by atoms with van der Waals surface area (Å²) in [5, 5.41) is 6.21. The number of alkyl halides is 3. The first-order chi connectivity index (χ1) is 11.3. The van der Waals surface area contributed by atoms with Crippen LogP contribution in [0.5, 0.6) is 0 Å². The van der Waals surface area contributed by atoms with Crippen LogP contribution in [-0.2, 0) is 12.7 Å². The molecule has 0 spiro atoms. The Morgan fingerprint density at radius 2 is 1.83 bits per heavy atom. The number of rotatable bonds is 3. The molecule has 0 aliphatic heterocycles. The number of hydrogen-bond acceptors (Lipinski definition) is 2. The van der Waals surface area contributed by atoms with Crippen LogP contribution < -0.4 is 5.32 Å². The predicted octanol–water partition coefficient (Wildman–Crippen LogP) is 5.50. The standard InChI is InChI=1S/C17H11ClF3NOS/c18-13-5-6-15-14(7-13)11(9-24-15)8-22-16(23)10-1-3-12(4-2-10)17(19,20)21/h1-7,9H,8H2,(H,22,23). The summed E-state index contributed by atoms with van der Waals surface area (Å²) in [5.74, 6) is -0.426. The summed E-state index contributed by atoms with van der Waals surface area (Å²) in [7, 11) is 0. The van der Waals surface area contributed by atoms with Gasteiger partial charge in [0.25, 0.3) is 5.91 Å². The molecule has 0 aliphatic rings. The lowest BCUT2D eigenvalue weighted by molar-refractivity contribution is -0.137. The van der Waals surface area contributed by atoms with Crippen LogP contribution in [0, 0.1) is 0 Å². The summed E-state index contributed by atoms with van der Waals surface area (Å²) in [6.07, 6.45) is -4.41. The van der Waals surface area contributed by atoms with Crippen molar-refractivity contribution in [2.45, 2.75) is 12.7 Å². The highest BCUT2D eigenvalue weighted by molar-refractivity contribution is 7.17. The molecule has 0 aliphatic carbocycles. The molecule has 0 fully saturated rings. The molecule has 7 heteroatoms. The third-order valence-corrected chi connectivity index (χ3v) is 4.78. The van der Waals surface area contributed by atoms with Gasteiger partial charge in [0, 0.05) is 21.8 Å². The van der Waals surface area contributed by atoms with Crippen LogP contribution in [0.1, 0.15) is 21.5 Å². The summed E-state index contributed by atoms with van der Waals surface area (Å²) < 4.78 is 38.6. The Hall–Kier alpha value is -2.05. The van der Waals surface area contributed by atoms with Gasteiger partial charge in [0.05, 0.1) is 5.56 Å². The second-order valence-electron chi connectivity index (χ2n) is 5.16. The lowest BCUT2D eigenvalue weighted by Gasteiger charge is -2.08. The van der Waals surface area contributed by atoms with E-state index in [1.54, 1.807) is 6.07 Å². The van der Waals surface area contributed by atoms with E-state index in [0.29, 0.717) is 5.02 Å². The molecule has 1 heterocycles. The van der Waals surface area contributed by atoms with Gasteiger partial charge in [-0.15, -0.1) is 11.3 Å². The van der Waals surface area contributed by atoms with Crippen molar-refractivity contribution in [1.82, 2.24) is 5.32 Å². The molecule has 0 saturated heterocycles. The molecule has 2 nitrogen and oxygen atoms in total. The summed E-state index contributed by atoms with van der Waals surface area (Å²) >= 11 is 7.52. The van der Waals surface area contributed by atoms with Crippen molar-refractivity contribution in [3.05, 3.63) is 69.6 Å². The second-order valence-corrected chi connectivity index (χ2v) is 6.51. The Morgan fingerprint density at radius 3 is 2.50 bits per heavy atom. The quantitative estimate of drug-likeness (QED) is 0.648. The Morgan fingerprint density at radius 1 is 1.12 bits per heavy atom. The van der Waals surface area contributed by atoms with Crippen molar-refractivity contribution in [3.63, 3.8) is 0 Å². The minimum atomic E-state index is -4.41. The molecule has 1 amide bonds. The average Bonchev–Trinajstić information content (AvgIpc) is 2.94. The van der Waals surface area contributed by atoms with Gasteiger partial charge < -0.3 is 5.32 Å². The van der Waals surface area contributed by atoms with Crippen LogP contribution in [0.2, 0.25) is 5.02 Å². The minimum absolute atomic E-state index is 0.181. The molecule has 0 radical (unpaired) electrons. The first-order valence-electron chi connectivity index (χ1n) is 6.96. The van der Waals surface area contributed by atoms with Crippen LogP contribution in [0.15, 0.2) is 47.8 Å². The molecule has 1 N–H and O–H groups in total. The smallest absolute Gasteiger partial charge is 0.348 e. The van der Waals surface area contributed by atoms with Crippen LogP contribution in [0.25, 0.3) is 10.1 Å². The molecule has 1 aromatic heterocycles. The molecule has 0 unspecified atom stereocenters. The molecule has 3 aromatic rings. The fourth-order valence-corrected chi connectivity index (χ4v) is 3.39. The number of carbonyl (C=O) groups is 1. The third kappa shape index (κ3) is 3.55. The maximum atomic E-state index is 12.5. The number of amides is 1. The van der Waals surface area contributed by atoms with Gasteiger partial charge in [-0.05, 0) is 58.8 Å². The van der Waals surface area contributed by atoms with Gasteiger partial charge in [-0.25, -0.2) is 0 Å². The van der Waals surface area contributed by atoms with Crippen LogP contribution >= 0.6 is 22.9 Å². The number of nitrogens with one attached hydrogen (secondary N) is 1. The van der Waals surface area contributed by atoms with Gasteiger partial charge in [0.2, 0.25) is 0 Å². The van der Waals surface area contributed by atoms with Crippen molar-refractivity contribution >= 4 is 38.9 Å². The number of fused-ring (bicyclic) bond motifs is 1. The average molecular weight is 370 g/mol. The molecular formula is C17H11ClF3NOS. The van der Waals surface area contributed by atoms with E-state index in [-0.39, 0.29) is 12.1 Å². The highest BCUT2D eigenvalue weighted by Crippen LogP contribution is 2.30. The van der Waals surface area contributed by atoms with E-state index in [9.17, 15) is 18.0 Å². The molecule has 24 heavy (non-hydrogen) atoms. The van der Waals surface area contributed by atoms with Crippen LogP contribution in [0.4, 0.5) is 13.2 Å². The van der Waals surface area contributed by atoms with E-state index in [4.69, 9.17) is 11.6 Å². The lowest BCUT2D eigenvalue weighted by Crippen LogP contribution is -2.22. The van der Waals surface area contributed by atoms with Gasteiger partial charge in [0.1, 0.15) is 0 Å². The van der Waals surface area contributed by atoms with Crippen molar-refractivity contribution in [2.75, 3.05) is 0 Å². The first-order valence-corrected chi connectivity index (χ1v) is 8.21. The maximum Gasteiger partial charge on any atom is 0.416 e. The SMILES string of the molecule is O=C(NCc1csc2ccc(Cl)cc12)c1ccc(C(F)(F)F)cc1. The summed E-state index contributed by atoms with van der Waals surface area (Å²) in [6.45, 7) is 0.278. The molecule has 2 aromatic carbocycles. The molecule has 0 atom stereocenters. The number of halogens is 4. The summed E-state index contributed by atoms with van der Waals surface area (Å²) in [4.78, 5) is 12.1. The molecular weight excluding hydrogens is 359 g/mol. The first kappa shape index (κ1) is 16.8.